The van der Waals surface area contributed by atoms with E-state index in [1.807, 2.05) is 37.3 Å². The van der Waals surface area contributed by atoms with Crippen LogP contribution in [0.4, 0.5) is 5.69 Å². The summed E-state index contributed by atoms with van der Waals surface area (Å²) in [6.07, 6.45) is 1.66. The highest BCUT2D eigenvalue weighted by Crippen LogP contribution is 2.10. The topological polar surface area (TPSA) is 54.0 Å². The average Bonchev–Trinajstić information content (AvgIpc) is 2.47. The number of carbonyl (C=O) groups excluding carboxylic acids is 1. The van der Waals surface area contributed by atoms with Gasteiger partial charge in [-0.2, -0.15) is 0 Å². The Balaban J connectivity index is 1.92. The fraction of sp³-hybridized carbons (Fsp3) is 0.200. The predicted molar refractivity (Wildman–Crippen MR) is 83.7 cm³/mol. The van der Waals surface area contributed by atoms with Crippen LogP contribution in [-0.4, -0.2) is 17.4 Å². The third kappa shape index (κ3) is 4.06. The number of nitrogens with zero attached hydrogens (tertiary/aromatic N) is 1. The van der Waals surface area contributed by atoms with E-state index in [2.05, 4.69) is 31.5 Å². The smallest absolute Gasteiger partial charge is 0.270 e. The van der Waals surface area contributed by atoms with Crippen molar-refractivity contribution in [1.82, 2.24) is 10.3 Å². The van der Waals surface area contributed by atoms with Crippen molar-refractivity contribution in [2.24, 2.45) is 0 Å². The zero-order valence-corrected chi connectivity index (χ0v) is 12.8. The van der Waals surface area contributed by atoms with Crippen molar-refractivity contribution in [2.75, 3.05) is 11.9 Å². The number of anilines is 1. The van der Waals surface area contributed by atoms with Crippen LogP contribution in [0.15, 0.2) is 47.1 Å². The summed E-state index contributed by atoms with van der Waals surface area (Å²) in [6, 6.07) is 11.4. The highest BCUT2D eigenvalue weighted by molar-refractivity contribution is 9.10. The van der Waals surface area contributed by atoms with Gasteiger partial charge in [0.2, 0.25) is 0 Å². The maximum Gasteiger partial charge on any atom is 0.270 e. The van der Waals surface area contributed by atoms with E-state index in [0.717, 1.165) is 22.3 Å². The van der Waals surface area contributed by atoms with Gasteiger partial charge >= 0.3 is 0 Å². The van der Waals surface area contributed by atoms with Gasteiger partial charge in [-0.3, -0.25) is 4.79 Å². The lowest BCUT2D eigenvalue weighted by atomic mass is 10.2. The molecule has 0 aliphatic carbocycles. The molecule has 1 heterocycles. The summed E-state index contributed by atoms with van der Waals surface area (Å²) in [4.78, 5) is 16.1. The minimum atomic E-state index is -0.170. The number of hydrogen-bond donors (Lipinski definition) is 2. The Morgan fingerprint density at radius 3 is 2.55 bits per heavy atom. The third-order valence-corrected chi connectivity index (χ3v) is 3.27. The van der Waals surface area contributed by atoms with E-state index < -0.39 is 0 Å². The lowest BCUT2D eigenvalue weighted by Crippen LogP contribution is -2.23. The summed E-state index contributed by atoms with van der Waals surface area (Å²) in [5.74, 6) is -0.170. The van der Waals surface area contributed by atoms with Gasteiger partial charge in [0, 0.05) is 17.6 Å². The second-order valence-electron chi connectivity index (χ2n) is 4.27. The summed E-state index contributed by atoms with van der Waals surface area (Å²) in [7, 11) is 0. The van der Waals surface area contributed by atoms with Gasteiger partial charge in [0.1, 0.15) is 5.69 Å². The zero-order chi connectivity index (χ0) is 14.4. The SMILES string of the molecule is CCNc1ccc(C(=O)NCc2ccc(Br)cc2)nc1. The van der Waals surface area contributed by atoms with Gasteiger partial charge in [0.25, 0.3) is 5.91 Å². The molecule has 20 heavy (non-hydrogen) atoms. The van der Waals surface area contributed by atoms with Crippen LogP contribution in [-0.2, 0) is 6.54 Å². The molecule has 4 nitrogen and oxygen atoms in total. The van der Waals surface area contributed by atoms with Crippen molar-refractivity contribution in [3.8, 4) is 0 Å². The molecule has 104 valence electrons. The number of carbonyl (C=O) groups is 1. The molecule has 1 amide bonds. The Morgan fingerprint density at radius 1 is 1.20 bits per heavy atom. The summed E-state index contributed by atoms with van der Waals surface area (Å²) in [5.41, 5.74) is 2.38. The summed E-state index contributed by atoms with van der Waals surface area (Å²) in [6.45, 7) is 3.33. The molecule has 0 fully saturated rings. The highest BCUT2D eigenvalue weighted by atomic mass is 79.9. The van der Waals surface area contributed by atoms with Gasteiger partial charge in [-0.1, -0.05) is 28.1 Å². The fourth-order valence-corrected chi connectivity index (χ4v) is 1.98. The monoisotopic (exact) mass is 333 g/mol. The van der Waals surface area contributed by atoms with Crippen LogP contribution in [0.1, 0.15) is 23.0 Å². The molecule has 0 unspecified atom stereocenters. The van der Waals surface area contributed by atoms with Crippen molar-refractivity contribution in [3.05, 3.63) is 58.3 Å². The van der Waals surface area contributed by atoms with Crippen LogP contribution in [0.5, 0.6) is 0 Å². The molecule has 2 rings (SSSR count). The summed E-state index contributed by atoms with van der Waals surface area (Å²) in [5, 5.41) is 5.99. The van der Waals surface area contributed by atoms with Crippen LogP contribution < -0.4 is 10.6 Å². The lowest BCUT2D eigenvalue weighted by Gasteiger charge is -2.06. The predicted octanol–water partition coefficient (Wildman–Crippen LogP) is 3.21. The second-order valence-corrected chi connectivity index (χ2v) is 5.19. The van der Waals surface area contributed by atoms with E-state index in [4.69, 9.17) is 0 Å². The standard InChI is InChI=1S/C15H16BrN3O/c1-2-17-13-7-8-14(18-10-13)15(20)19-9-11-3-5-12(16)6-4-11/h3-8,10,17H,2,9H2,1H3,(H,19,20). The van der Waals surface area contributed by atoms with Crippen molar-refractivity contribution in [1.29, 1.82) is 0 Å². The minimum Gasteiger partial charge on any atom is -0.384 e. The molecule has 2 aromatic rings. The molecule has 0 spiro atoms. The van der Waals surface area contributed by atoms with Gasteiger partial charge in [-0.15, -0.1) is 0 Å². The molecule has 0 aliphatic rings. The van der Waals surface area contributed by atoms with E-state index in [0.29, 0.717) is 12.2 Å². The number of pyridine rings is 1. The zero-order valence-electron chi connectivity index (χ0n) is 11.2. The molecule has 0 atom stereocenters. The molecule has 1 aromatic carbocycles. The maximum absolute atomic E-state index is 12.0. The number of halogens is 1. The summed E-state index contributed by atoms with van der Waals surface area (Å²) >= 11 is 3.38. The average molecular weight is 334 g/mol. The molecular formula is C15H16BrN3O. The highest BCUT2D eigenvalue weighted by Gasteiger charge is 2.06. The molecule has 0 radical (unpaired) electrons. The third-order valence-electron chi connectivity index (χ3n) is 2.74. The second kappa shape index (κ2) is 7.05. The van der Waals surface area contributed by atoms with Crippen LogP contribution >= 0.6 is 15.9 Å². The van der Waals surface area contributed by atoms with E-state index in [1.54, 1.807) is 12.3 Å². The van der Waals surface area contributed by atoms with Gasteiger partial charge in [-0.05, 0) is 36.8 Å². The first kappa shape index (κ1) is 14.5. The Labute approximate surface area is 126 Å². The van der Waals surface area contributed by atoms with Crippen LogP contribution in [0.3, 0.4) is 0 Å². The van der Waals surface area contributed by atoms with Crippen LogP contribution in [0.25, 0.3) is 0 Å². The van der Waals surface area contributed by atoms with E-state index in [9.17, 15) is 4.79 Å². The molecule has 5 heteroatoms. The van der Waals surface area contributed by atoms with Crippen LogP contribution in [0, 0.1) is 0 Å². The summed E-state index contributed by atoms with van der Waals surface area (Å²) < 4.78 is 1.02. The lowest BCUT2D eigenvalue weighted by molar-refractivity contribution is 0.0946. The molecule has 0 bridgehead atoms. The first-order valence-electron chi connectivity index (χ1n) is 6.41. The van der Waals surface area contributed by atoms with Crippen molar-refractivity contribution in [2.45, 2.75) is 13.5 Å². The first-order chi connectivity index (χ1) is 9.69. The fourth-order valence-electron chi connectivity index (χ4n) is 1.71. The maximum atomic E-state index is 12.0. The Morgan fingerprint density at radius 2 is 1.95 bits per heavy atom. The quantitative estimate of drug-likeness (QED) is 0.883. The Hall–Kier alpha value is -1.88. The number of aromatic nitrogens is 1. The number of nitrogens with one attached hydrogen (secondary N) is 2. The number of benzene rings is 1. The molecule has 0 saturated heterocycles. The van der Waals surface area contributed by atoms with Crippen molar-refractivity contribution >= 4 is 27.5 Å². The minimum absolute atomic E-state index is 0.170. The first-order valence-corrected chi connectivity index (χ1v) is 7.21. The normalized spacial score (nSPS) is 10.1. The Bertz CT molecular complexity index is 567. The van der Waals surface area contributed by atoms with E-state index in [1.165, 1.54) is 0 Å². The molecular weight excluding hydrogens is 318 g/mol. The van der Waals surface area contributed by atoms with Gasteiger partial charge < -0.3 is 10.6 Å². The van der Waals surface area contributed by atoms with Crippen molar-refractivity contribution in [3.63, 3.8) is 0 Å². The molecule has 1 aromatic heterocycles. The molecule has 0 saturated carbocycles. The van der Waals surface area contributed by atoms with Crippen LogP contribution in [0.2, 0.25) is 0 Å². The number of hydrogen-bond acceptors (Lipinski definition) is 3. The van der Waals surface area contributed by atoms with Gasteiger partial charge in [0.05, 0.1) is 11.9 Å². The van der Waals surface area contributed by atoms with E-state index in [-0.39, 0.29) is 5.91 Å². The molecule has 0 aliphatic heterocycles. The van der Waals surface area contributed by atoms with Gasteiger partial charge in [0.15, 0.2) is 0 Å². The number of amides is 1. The number of rotatable bonds is 5. The Kier molecular flexibility index (Phi) is 5.12. The van der Waals surface area contributed by atoms with Crippen molar-refractivity contribution < 1.29 is 4.79 Å². The largest absolute Gasteiger partial charge is 0.384 e. The molecule has 2 N–H and O–H groups in total. The van der Waals surface area contributed by atoms with E-state index >= 15 is 0 Å². The van der Waals surface area contributed by atoms with Gasteiger partial charge in [-0.25, -0.2) is 4.98 Å².